The number of methoxy groups -OCH3 is 2. The predicted molar refractivity (Wildman–Crippen MR) is 138 cm³/mol. The van der Waals surface area contributed by atoms with E-state index in [4.69, 9.17) is 9.47 Å². The standard InChI is InChI=1S/C26H25N5O3S/c1-18-8-10-19(11-9-18)25-29-30-26(31(25)21-12-14-22(33-2)15-13-21)35-17-24(32)28-27-16-20-6-4-5-7-23(20)34-3/h4-16H,17H2,1-3H3,(H,28,32)/b27-16+. The first-order valence-corrected chi connectivity index (χ1v) is 11.8. The molecule has 178 valence electrons. The van der Waals surface area contributed by atoms with E-state index in [-0.39, 0.29) is 11.7 Å². The van der Waals surface area contributed by atoms with Crippen molar-refractivity contribution in [3.05, 3.63) is 83.9 Å². The fraction of sp³-hybridized carbons (Fsp3) is 0.154. The number of carbonyl (C=O) groups is 1. The Balaban J connectivity index is 1.52. The van der Waals surface area contributed by atoms with E-state index in [0.29, 0.717) is 16.7 Å². The minimum Gasteiger partial charge on any atom is -0.497 e. The fourth-order valence-corrected chi connectivity index (χ4v) is 4.07. The zero-order chi connectivity index (χ0) is 24.6. The first-order chi connectivity index (χ1) is 17.1. The number of aryl methyl sites for hydroxylation is 1. The molecule has 0 fully saturated rings. The molecule has 0 saturated carbocycles. The summed E-state index contributed by atoms with van der Waals surface area (Å²) in [4.78, 5) is 12.5. The van der Waals surface area contributed by atoms with E-state index >= 15 is 0 Å². The summed E-state index contributed by atoms with van der Waals surface area (Å²) >= 11 is 1.28. The van der Waals surface area contributed by atoms with Gasteiger partial charge >= 0.3 is 0 Å². The van der Waals surface area contributed by atoms with E-state index in [9.17, 15) is 4.79 Å². The molecule has 0 spiro atoms. The Hall–Kier alpha value is -4.11. The van der Waals surface area contributed by atoms with E-state index in [0.717, 1.165) is 28.1 Å². The van der Waals surface area contributed by atoms with Crippen LogP contribution < -0.4 is 14.9 Å². The second kappa shape index (κ2) is 11.3. The molecule has 0 aliphatic carbocycles. The monoisotopic (exact) mass is 487 g/mol. The summed E-state index contributed by atoms with van der Waals surface area (Å²) in [6.07, 6.45) is 1.55. The van der Waals surface area contributed by atoms with Gasteiger partial charge in [0.05, 0.1) is 26.2 Å². The van der Waals surface area contributed by atoms with Crippen molar-refractivity contribution in [2.45, 2.75) is 12.1 Å². The van der Waals surface area contributed by atoms with Crippen LogP contribution in [0.4, 0.5) is 0 Å². The van der Waals surface area contributed by atoms with E-state index in [1.54, 1.807) is 20.4 Å². The fourth-order valence-electron chi connectivity index (χ4n) is 3.33. The third kappa shape index (κ3) is 5.88. The van der Waals surface area contributed by atoms with Crippen molar-refractivity contribution in [3.8, 4) is 28.6 Å². The normalized spacial score (nSPS) is 10.9. The largest absolute Gasteiger partial charge is 0.497 e. The summed E-state index contributed by atoms with van der Waals surface area (Å²) in [5.41, 5.74) is 6.27. The molecule has 1 heterocycles. The average Bonchev–Trinajstić information content (AvgIpc) is 3.32. The third-order valence-corrected chi connectivity index (χ3v) is 6.07. The molecule has 0 radical (unpaired) electrons. The molecule has 3 aromatic carbocycles. The van der Waals surface area contributed by atoms with Crippen molar-refractivity contribution in [3.63, 3.8) is 0 Å². The van der Waals surface area contributed by atoms with Crippen molar-refractivity contribution < 1.29 is 14.3 Å². The topological polar surface area (TPSA) is 90.6 Å². The lowest BCUT2D eigenvalue weighted by Gasteiger charge is -2.11. The lowest BCUT2D eigenvalue weighted by Crippen LogP contribution is -2.20. The number of thioether (sulfide) groups is 1. The smallest absolute Gasteiger partial charge is 0.250 e. The summed E-state index contributed by atoms with van der Waals surface area (Å²) in [7, 11) is 3.22. The summed E-state index contributed by atoms with van der Waals surface area (Å²) in [5.74, 6) is 1.97. The number of aromatic nitrogens is 3. The number of carbonyl (C=O) groups excluding carboxylic acids is 1. The highest BCUT2D eigenvalue weighted by molar-refractivity contribution is 7.99. The van der Waals surface area contributed by atoms with Gasteiger partial charge in [-0.15, -0.1) is 10.2 Å². The van der Waals surface area contributed by atoms with Crippen LogP contribution in [0.5, 0.6) is 11.5 Å². The molecule has 0 aliphatic rings. The van der Waals surface area contributed by atoms with Crippen molar-refractivity contribution in [1.29, 1.82) is 0 Å². The second-order valence-electron chi connectivity index (χ2n) is 7.53. The predicted octanol–water partition coefficient (Wildman–Crippen LogP) is 4.50. The molecule has 0 unspecified atom stereocenters. The Kier molecular flexibility index (Phi) is 7.79. The highest BCUT2D eigenvalue weighted by Gasteiger charge is 2.17. The van der Waals surface area contributed by atoms with Gasteiger partial charge in [-0.1, -0.05) is 53.7 Å². The van der Waals surface area contributed by atoms with Gasteiger partial charge in [0.2, 0.25) is 0 Å². The molecule has 8 nitrogen and oxygen atoms in total. The first kappa shape index (κ1) is 24.0. The van der Waals surface area contributed by atoms with Gasteiger partial charge < -0.3 is 9.47 Å². The van der Waals surface area contributed by atoms with Crippen LogP contribution in [0, 0.1) is 6.92 Å². The van der Waals surface area contributed by atoms with Gasteiger partial charge in [-0.25, -0.2) is 5.43 Å². The first-order valence-electron chi connectivity index (χ1n) is 10.8. The van der Waals surface area contributed by atoms with E-state index in [2.05, 4.69) is 20.7 Å². The van der Waals surface area contributed by atoms with Gasteiger partial charge in [-0.3, -0.25) is 9.36 Å². The van der Waals surface area contributed by atoms with Crippen LogP contribution in [0.25, 0.3) is 17.1 Å². The maximum atomic E-state index is 12.5. The maximum Gasteiger partial charge on any atom is 0.250 e. The Morgan fingerprint density at radius 3 is 2.46 bits per heavy atom. The van der Waals surface area contributed by atoms with Gasteiger partial charge in [0.1, 0.15) is 11.5 Å². The summed E-state index contributed by atoms with van der Waals surface area (Å²) in [6, 6.07) is 23.1. The number of rotatable bonds is 9. The van der Waals surface area contributed by atoms with Crippen molar-refractivity contribution in [2.24, 2.45) is 5.10 Å². The SMILES string of the molecule is COc1ccc(-n2c(SCC(=O)N/N=C/c3ccccc3OC)nnc2-c2ccc(C)cc2)cc1. The Bertz CT molecular complexity index is 1320. The van der Waals surface area contributed by atoms with Gasteiger partial charge in [0, 0.05) is 16.8 Å². The molecular weight excluding hydrogens is 462 g/mol. The minimum absolute atomic E-state index is 0.117. The van der Waals surface area contributed by atoms with Crippen molar-refractivity contribution in [1.82, 2.24) is 20.2 Å². The van der Waals surface area contributed by atoms with Crippen molar-refractivity contribution in [2.75, 3.05) is 20.0 Å². The number of nitrogens with zero attached hydrogens (tertiary/aromatic N) is 4. The van der Waals surface area contributed by atoms with Crippen molar-refractivity contribution >= 4 is 23.9 Å². The maximum absolute atomic E-state index is 12.5. The molecule has 9 heteroatoms. The highest BCUT2D eigenvalue weighted by Crippen LogP contribution is 2.29. The lowest BCUT2D eigenvalue weighted by atomic mass is 10.1. The lowest BCUT2D eigenvalue weighted by molar-refractivity contribution is -0.118. The van der Waals surface area contributed by atoms with Gasteiger partial charge in [-0.2, -0.15) is 5.10 Å². The third-order valence-electron chi connectivity index (χ3n) is 5.14. The molecule has 4 rings (SSSR count). The number of benzene rings is 3. The second-order valence-corrected chi connectivity index (χ2v) is 8.47. The van der Waals surface area contributed by atoms with E-state index in [1.165, 1.54) is 11.8 Å². The number of hydrazone groups is 1. The van der Waals surface area contributed by atoms with Gasteiger partial charge in [-0.05, 0) is 43.3 Å². The number of nitrogens with one attached hydrogen (secondary N) is 1. The number of para-hydroxylation sites is 1. The van der Waals surface area contributed by atoms with Crippen LogP contribution in [0.15, 0.2) is 83.1 Å². The zero-order valence-corrected chi connectivity index (χ0v) is 20.5. The number of ether oxygens (including phenoxy) is 2. The minimum atomic E-state index is -0.262. The summed E-state index contributed by atoms with van der Waals surface area (Å²) in [6.45, 7) is 2.04. The van der Waals surface area contributed by atoms with E-state index in [1.807, 2.05) is 84.3 Å². The van der Waals surface area contributed by atoms with Gasteiger partial charge in [0.15, 0.2) is 11.0 Å². The molecule has 1 aromatic heterocycles. The molecule has 4 aromatic rings. The number of hydrogen-bond donors (Lipinski definition) is 1. The van der Waals surface area contributed by atoms with Crippen LogP contribution in [0.1, 0.15) is 11.1 Å². The average molecular weight is 488 g/mol. The highest BCUT2D eigenvalue weighted by atomic mass is 32.2. The number of hydrogen-bond acceptors (Lipinski definition) is 7. The number of amides is 1. The van der Waals surface area contributed by atoms with Crippen LogP contribution in [0.2, 0.25) is 0 Å². The molecule has 1 amide bonds. The Morgan fingerprint density at radius 2 is 1.74 bits per heavy atom. The molecule has 0 aliphatic heterocycles. The summed E-state index contributed by atoms with van der Waals surface area (Å²) in [5, 5.41) is 13.4. The van der Waals surface area contributed by atoms with E-state index < -0.39 is 0 Å². The zero-order valence-electron chi connectivity index (χ0n) is 19.6. The molecule has 0 saturated heterocycles. The van der Waals surface area contributed by atoms with Crippen LogP contribution in [0.3, 0.4) is 0 Å². The molecule has 0 atom stereocenters. The molecule has 35 heavy (non-hydrogen) atoms. The van der Waals surface area contributed by atoms with Crippen LogP contribution in [-0.2, 0) is 4.79 Å². The van der Waals surface area contributed by atoms with Crippen LogP contribution in [-0.4, -0.2) is 46.9 Å². The Labute approximate surface area is 208 Å². The van der Waals surface area contributed by atoms with Crippen LogP contribution >= 0.6 is 11.8 Å². The molecular formula is C26H25N5O3S. The summed E-state index contributed by atoms with van der Waals surface area (Å²) < 4.78 is 12.5. The quantitative estimate of drug-likeness (QED) is 0.212. The Morgan fingerprint density at radius 1 is 1.00 bits per heavy atom. The molecule has 1 N–H and O–H groups in total. The van der Waals surface area contributed by atoms with Gasteiger partial charge in [0.25, 0.3) is 5.91 Å². The molecule has 0 bridgehead atoms.